The maximum atomic E-state index is 13.1. The Kier molecular flexibility index (Phi) is 5.29. The third-order valence-electron chi connectivity index (χ3n) is 5.84. The normalized spacial score (nSPS) is 21.3. The van der Waals surface area contributed by atoms with Crippen LogP contribution in [0.4, 0.5) is 0 Å². The Bertz CT molecular complexity index is 846. The predicted octanol–water partition coefficient (Wildman–Crippen LogP) is 3.90. The summed E-state index contributed by atoms with van der Waals surface area (Å²) in [5, 5.41) is 11.7. The molecule has 1 fully saturated rings. The van der Waals surface area contributed by atoms with Crippen molar-refractivity contribution in [3.63, 3.8) is 0 Å². The summed E-state index contributed by atoms with van der Waals surface area (Å²) in [6.07, 6.45) is 3.33. The minimum atomic E-state index is -0.237. The summed E-state index contributed by atoms with van der Waals surface area (Å²) in [6.45, 7) is 5.14. The van der Waals surface area contributed by atoms with Gasteiger partial charge in [-0.05, 0) is 36.3 Å². The fourth-order valence-electron chi connectivity index (χ4n) is 4.21. The molecule has 2 atom stereocenters. The van der Waals surface area contributed by atoms with Crippen molar-refractivity contribution in [2.75, 3.05) is 26.2 Å². The second-order valence-electron chi connectivity index (χ2n) is 7.67. The number of carbonyl (C=O) groups is 1. The summed E-state index contributed by atoms with van der Waals surface area (Å²) in [5.41, 5.74) is 3.25. The van der Waals surface area contributed by atoms with Gasteiger partial charge in [0.25, 0.3) is 5.91 Å². The van der Waals surface area contributed by atoms with Crippen molar-refractivity contribution in [2.45, 2.75) is 32.2 Å². The van der Waals surface area contributed by atoms with Crippen LogP contribution in [0.2, 0.25) is 0 Å². The molecule has 4 nitrogen and oxygen atoms in total. The SMILES string of the molecule is CC1CCc2c(C(=O)N3CCN(C(C#N)c4ccccc4)CC3)csc2C1. The molecule has 1 aliphatic heterocycles. The summed E-state index contributed by atoms with van der Waals surface area (Å²) in [4.78, 5) is 18.6. The summed E-state index contributed by atoms with van der Waals surface area (Å²) in [5.74, 6) is 0.901. The van der Waals surface area contributed by atoms with Gasteiger partial charge in [0.2, 0.25) is 0 Å². The van der Waals surface area contributed by atoms with Gasteiger partial charge >= 0.3 is 0 Å². The minimum absolute atomic E-state index is 0.176. The molecule has 0 N–H and O–H groups in total. The van der Waals surface area contributed by atoms with Gasteiger partial charge in [0, 0.05) is 36.4 Å². The molecule has 2 heterocycles. The summed E-state index contributed by atoms with van der Waals surface area (Å²) < 4.78 is 0. The fraction of sp³-hybridized carbons (Fsp3) is 0.455. The van der Waals surface area contributed by atoms with Gasteiger partial charge in [0.1, 0.15) is 6.04 Å². The van der Waals surface area contributed by atoms with Crippen molar-refractivity contribution in [1.29, 1.82) is 5.26 Å². The molecule has 0 saturated carbocycles. The van der Waals surface area contributed by atoms with Gasteiger partial charge in [-0.15, -0.1) is 11.3 Å². The first-order valence-electron chi connectivity index (χ1n) is 9.74. The number of hydrogen-bond acceptors (Lipinski definition) is 4. The number of nitriles is 1. The maximum Gasteiger partial charge on any atom is 0.255 e. The molecule has 1 aromatic carbocycles. The number of rotatable bonds is 3. The van der Waals surface area contributed by atoms with Gasteiger partial charge in [0.15, 0.2) is 0 Å². The first kappa shape index (κ1) is 18.2. The first-order chi connectivity index (χ1) is 13.2. The molecule has 0 spiro atoms. The topological polar surface area (TPSA) is 47.3 Å². The standard InChI is InChI=1S/C22H25N3OS/c1-16-7-8-18-19(15-27-21(18)13-16)22(26)25-11-9-24(10-12-25)20(14-23)17-5-3-2-4-6-17/h2-6,15-16,20H,7-13H2,1H3. The van der Waals surface area contributed by atoms with E-state index in [-0.39, 0.29) is 11.9 Å². The number of benzene rings is 1. The molecule has 0 radical (unpaired) electrons. The zero-order valence-electron chi connectivity index (χ0n) is 15.7. The molecular formula is C22H25N3OS. The molecule has 27 heavy (non-hydrogen) atoms. The van der Waals surface area contributed by atoms with Crippen LogP contribution in [0, 0.1) is 17.2 Å². The molecule has 0 bridgehead atoms. The van der Waals surface area contributed by atoms with Crippen LogP contribution in [0.25, 0.3) is 0 Å². The molecule has 2 aliphatic rings. The molecule has 2 aromatic rings. The highest BCUT2D eigenvalue weighted by atomic mass is 32.1. The van der Waals surface area contributed by atoms with E-state index in [1.54, 1.807) is 11.3 Å². The lowest BCUT2D eigenvalue weighted by atomic mass is 9.88. The van der Waals surface area contributed by atoms with Gasteiger partial charge in [-0.2, -0.15) is 5.26 Å². The third kappa shape index (κ3) is 3.65. The van der Waals surface area contributed by atoms with Gasteiger partial charge in [-0.3, -0.25) is 9.69 Å². The van der Waals surface area contributed by atoms with E-state index in [9.17, 15) is 10.1 Å². The molecular weight excluding hydrogens is 354 g/mol. The van der Waals surface area contributed by atoms with E-state index in [1.165, 1.54) is 16.9 Å². The average Bonchev–Trinajstić information content (AvgIpc) is 3.12. The van der Waals surface area contributed by atoms with Crippen LogP contribution in [0.3, 0.4) is 0 Å². The zero-order valence-corrected chi connectivity index (χ0v) is 16.5. The lowest BCUT2D eigenvalue weighted by Crippen LogP contribution is -2.49. The number of carbonyl (C=O) groups excluding carboxylic acids is 1. The van der Waals surface area contributed by atoms with Crippen molar-refractivity contribution in [3.8, 4) is 6.07 Å². The van der Waals surface area contributed by atoms with Crippen molar-refractivity contribution >= 4 is 17.2 Å². The van der Waals surface area contributed by atoms with Crippen LogP contribution < -0.4 is 0 Å². The van der Waals surface area contributed by atoms with Crippen LogP contribution in [0.1, 0.15) is 45.7 Å². The predicted molar refractivity (Wildman–Crippen MR) is 108 cm³/mol. The second-order valence-corrected chi connectivity index (χ2v) is 8.63. The number of fused-ring (bicyclic) bond motifs is 1. The van der Waals surface area contributed by atoms with E-state index in [0.29, 0.717) is 13.1 Å². The summed E-state index contributed by atoms with van der Waals surface area (Å²) in [6, 6.07) is 12.1. The van der Waals surface area contributed by atoms with E-state index < -0.39 is 0 Å². The molecule has 5 heteroatoms. The Morgan fingerprint density at radius 3 is 2.67 bits per heavy atom. The Labute approximate surface area is 165 Å². The third-order valence-corrected chi connectivity index (χ3v) is 6.89. The van der Waals surface area contributed by atoms with Crippen molar-refractivity contribution in [2.24, 2.45) is 5.92 Å². The van der Waals surface area contributed by atoms with E-state index in [4.69, 9.17) is 0 Å². The van der Waals surface area contributed by atoms with Crippen molar-refractivity contribution in [3.05, 3.63) is 57.3 Å². The smallest absolute Gasteiger partial charge is 0.255 e. The fourth-order valence-corrected chi connectivity index (χ4v) is 5.45. The lowest BCUT2D eigenvalue weighted by Gasteiger charge is -2.37. The van der Waals surface area contributed by atoms with Crippen molar-refractivity contribution in [1.82, 2.24) is 9.80 Å². The molecule has 1 amide bonds. The van der Waals surface area contributed by atoms with E-state index in [2.05, 4.69) is 23.3 Å². The quantitative estimate of drug-likeness (QED) is 0.813. The highest BCUT2D eigenvalue weighted by Gasteiger charge is 2.30. The molecule has 1 aromatic heterocycles. The van der Waals surface area contributed by atoms with Crippen LogP contribution in [0.15, 0.2) is 35.7 Å². The van der Waals surface area contributed by atoms with Gasteiger partial charge in [-0.1, -0.05) is 37.3 Å². The van der Waals surface area contributed by atoms with Gasteiger partial charge in [-0.25, -0.2) is 0 Å². The number of thiophene rings is 1. The molecule has 140 valence electrons. The summed E-state index contributed by atoms with van der Waals surface area (Å²) >= 11 is 1.75. The number of nitrogens with zero attached hydrogens (tertiary/aromatic N) is 3. The van der Waals surface area contributed by atoms with Crippen LogP contribution in [0.5, 0.6) is 0 Å². The van der Waals surface area contributed by atoms with Crippen LogP contribution >= 0.6 is 11.3 Å². The second kappa shape index (κ2) is 7.84. The molecule has 1 aliphatic carbocycles. The Morgan fingerprint density at radius 2 is 1.96 bits per heavy atom. The van der Waals surface area contributed by atoms with Gasteiger partial charge < -0.3 is 4.90 Å². The zero-order chi connectivity index (χ0) is 18.8. The van der Waals surface area contributed by atoms with E-state index in [1.807, 2.05) is 35.2 Å². The monoisotopic (exact) mass is 379 g/mol. The Hall–Kier alpha value is -2.16. The average molecular weight is 380 g/mol. The molecule has 4 rings (SSSR count). The lowest BCUT2D eigenvalue weighted by molar-refractivity contribution is 0.0605. The maximum absolute atomic E-state index is 13.1. The van der Waals surface area contributed by atoms with Crippen LogP contribution in [-0.4, -0.2) is 41.9 Å². The number of amides is 1. The molecule has 1 saturated heterocycles. The highest BCUT2D eigenvalue weighted by Crippen LogP contribution is 2.33. The number of piperazine rings is 1. The van der Waals surface area contributed by atoms with Crippen molar-refractivity contribution < 1.29 is 4.79 Å². The highest BCUT2D eigenvalue weighted by molar-refractivity contribution is 7.10. The largest absolute Gasteiger partial charge is 0.336 e. The first-order valence-corrected chi connectivity index (χ1v) is 10.6. The molecule has 2 unspecified atom stereocenters. The summed E-state index contributed by atoms with van der Waals surface area (Å²) in [7, 11) is 0. The Balaban J connectivity index is 1.42. The van der Waals surface area contributed by atoms with E-state index in [0.717, 1.165) is 43.0 Å². The number of hydrogen-bond donors (Lipinski definition) is 0. The minimum Gasteiger partial charge on any atom is -0.336 e. The van der Waals surface area contributed by atoms with Gasteiger partial charge in [0.05, 0.1) is 11.6 Å². The Morgan fingerprint density at radius 1 is 1.22 bits per heavy atom. The van der Waals surface area contributed by atoms with E-state index >= 15 is 0 Å². The van der Waals surface area contributed by atoms with Crippen LogP contribution in [-0.2, 0) is 12.8 Å².